The fourth-order valence-corrected chi connectivity index (χ4v) is 3.02. The van der Waals surface area contributed by atoms with Crippen LogP contribution in [-0.4, -0.2) is 50.4 Å². The van der Waals surface area contributed by atoms with E-state index in [2.05, 4.69) is 9.72 Å². The number of nitrogens with two attached hydrogens (primary N) is 1. The number of benzene rings is 1. The lowest BCUT2D eigenvalue weighted by Crippen LogP contribution is -2.24. The maximum Gasteiger partial charge on any atom is 0.343 e. The van der Waals surface area contributed by atoms with Crippen LogP contribution in [0.5, 0.6) is 23.0 Å². The van der Waals surface area contributed by atoms with Crippen molar-refractivity contribution in [1.29, 1.82) is 0 Å². The fraction of sp³-hybridized carbons (Fsp3) is 0.316. The Hall–Kier alpha value is -3.69. The molecular weight excluding hydrogens is 384 g/mol. The standard InChI is InChI=1S/C19H22N2O8/c1-26-12-5-9(6-13(27-2)17(12)28-3)10(7-14(20)22)15-16(23)11(19(25)29-4)8-21-18(15)24/h5-6,8,10H,7H2,1-4H3,(H2,20,22)(H2,21,23,24)/t10-/m1/s1. The van der Waals surface area contributed by atoms with Gasteiger partial charge in [0.25, 0.3) is 5.56 Å². The number of primary amides is 1. The largest absolute Gasteiger partial charge is 0.506 e. The Morgan fingerprint density at radius 2 is 1.69 bits per heavy atom. The van der Waals surface area contributed by atoms with Gasteiger partial charge in [0.15, 0.2) is 11.5 Å². The number of pyridine rings is 1. The van der Waals surface area contributed by atoms with E-state index in [1.807, 2.05) is 0 Å². The van der Waals surface area contributed by atoms with Crippen LogP contribution in [0.1, 0.15) is 33.8 Å². The molecule has 2 rings (SSSR count). The number of carbonyl (C=O) groups is 2. The first-order valence-corrected chi connectivity index (χ1v) is 8.40. The van der Waals surface area contributed by atoms with E-state index in [1.165, 1.54) is 33.5 Å². The van der Waals surface area contributed by atoms with Crippen molar-refractivity contribution < 1.29 is 33.6 Å². The van der Waals surface area contributed by atoms with Crippen molar-refractivity contribution in [3.05, 3.63) is 45.4 Å². The number of H-pyrrole nitrogens is 1. The van der Waals surface area contributed by atoms with Crippen LogP contribution in [0.3, 0.4) is 0 Å². The smallest absolute Gasteiger partial charge is 0.343 e. The first-order valence-electron chi connectivity index (χ1n) is 8.40. The topological polar surface area (TPSA) is 150 Å². The van der Waals surface area contributed by atoms with E-state index >= 15 is 0 Å². The van der Waals surface area contributed by atoms with E-state index < -0.39 is 29.1 Å². The Labute approximate surface area is 166 Å². The number of amides is 1. The summed E-state index contributed by atoms with van der Waals surface area (Å²) in [6, 6.07) is 3.05. The van der Waals surface area contributed by atoms with E-state index in [4.69, 9.17) is 19.9 Å². The molecule has 2 aromatic rings. The number of methoxy groups -OCH3 is 4. The van der Waals surface area contributed by atoms with Gasteiger partial charge in [0.05, 0.1) is 34.0 Å². The molecule has 0 aliphatic carbocycles. The summed E-state index contributed by atoms with van der Waals surface area (Å²) < 4.78 is 20.5. The van der Waals surface area contributed by atoms with E-state index in [9.17, 15) is 19.5 Å². The molecule has 0 spiro atoms. The van der Waals surface area contributed by atoms with Gasteiger partial charge in [0.2, 0.25) is 11.7 Å². The fourth-order valence-electron chi connectivity index (χ4n) is 3.02. The molecule has 1 amide bonds. The number of aromatic nitrogens is 1. The number of hydrogen-bond acceptors (Lipinski definition) is 8. The summed E-state index contributed by atoms with van der Waals surface area (Å²) in [5.74, 6) is -2.35. The van der Waals surface area contributed by atoms with Gasteiger partial charge in [0, 0.05) is 18.5 Å². The van der Waals surface area contributed by atoms with Gasteiger partial charge in [-0.3, -0.25) is 9.59 Å². The Morgan fingerprint density at radius 3 is 2.14 bits per heavy atom. The van der Waals surface area contributed by atoms with Crippen molar-refractivity contribution in [3.63, 3.8) is 0 Å². The third-order valence-corrected chi connectivity index (χ3v) is 4.35. The monoisotopic (exact) mass is 406 g/mol. The normalized spacial score (nSPS) is 11.4. The van der Waals surface area contributed by atoms with Crippen LogP contribution in [0.4, 0.5) is 0 Å². The van der Waals surface area contributed by atoms with Crippen molar-refractivity contribution in [2.75, 3.05) is 28.4 Å². The van der Waals surface area contributed by atoms with Crippen LogP contribution >= 0.6 is 0 Å². The van der Waals surface area contributed by atoms with Gasteiger partial charge in [-0.2, -0.15) is 0 Å². The Bertz CT molecular complexity index is 958. The van der Waals surface area contributed by atoms with Crippen LogP contribution < -0.4 is 25.5 Å². The number of rotatable bonds is 8. The molecule has 0 aliphatic heterocycles. The first kappa shape index (κ1) is 21.6. The van der Waals surface area contributed by atoms with E-state index in [-0.39, 0.29) is 29.0 Å². The number of aromatic hydroxyl groups is 1. The molecule has 4 N–H and O–H groups in total. The molecule has 1 atom stereocenters. The number of nitrogens with one attached hydrogen (secondary N) is 1. The lowest BCUT2D eigenvalue weighted by molar-refractivity contribution is -0.118. The summed E-state index contributed by atoms with van der Waals surface area (Å²) in [6.45, 7) is 0. The summed E-state index contributed by atoms with van der Waals surface area (Å²) in [6.07, 6.45) is 0.698. The molecule has 0 fully saturated rings. The molecule has 0 saturated heterocycles. The zero-order chi connectivity index (χ0) is 21.7. The third kappa shape index (κ3) is 4.26. The minimum atomic E-state index is -1.01. The van der Waals surface area contributed by atoms with Crippen LogP contribution in [0.2, 0.25) is 0 Å². The van der Waals surface area contributed by atoms with Gasteiger partial charge in [0.1, 0.15) is 11.3 Å². The zero-order valence-electron chi connectivity index (χ0n) is 16.4. The molecule has 1 heterocycles. The van der Waals surface area contributed by atoms with Crippen LogP contribution in [0.15, 0.2) is 23.1 Å². The number of aromatic amines is 1. The molecule has 10 nitrogen and oxygen atoms in total. The second-order valence-electron chi connectivity index (χ2n) is 5.97. The summed E-state index contributed by atoms with van der Waals surface area (Å²) in [4.78, 5) is 38.5. The van der Waals surface area contributed by atoms with E-state index in [1.54, 1.807) is 0 Å². The minimum Gasteiger partial charge on any atom is -0.506 e. The molecule has 1 aromatic heterocycles. The van der Waals surface area contributed by atoms with Crippen LogP contribution in [0, 0.1) is 0 Å². The molecule has 29 heavy (non-hydrogen) atoms. The molecule has 156 valence electrons. The van der Waals surface area contributed by atoms with Crippen molar-refractivity contribution in [2.45, 2.75) is 12.3 Å². The highest BCUT2D eigenvalue weighted by atomic mass is 16.5. The Kier molecular flexibility index (Phi) is 6.71. The molecule has 10 heteroatoms. The van der Waals surface area contributed by atoms with Gasteiger partial charge >= 0.3 is 5.97 Å². The minimum absolute atomic E-state index is 0.221. The average Bonchev–Trinajstić information content (AvgIpc) is 2.71. The summed E-state index contributed by atoms with van der Waals surface area (Å²) in [5, 5.41) is 10.6. The molecule has 0 unspecified atom stereocenters. The van der Waals surface area contributed by atoms with Gasteiger partial charge in [-0.25, -0.2) is 4.79 Å². The number of ether oxygens (including phenoxy) is 4. The molecule has 0 radical (unpaired) electrons. The van der Waals surface area contributed by atoms with Gasteiger partial charge in [-0.1, -0.05) is 0 Å². The lowest BCUT2D eigenvalue weighted by atomic mass is 9.87. The quantitative estimate of drug-likeness (QED) is 0.547. The van der Waals surface area contributed by atoms with Crippen molar-refractivity contribution >= 4 is 11.9 Å². The van der Waals surface area contributed by atoms with E-state index in [0.29, 0.717) is 11.3 Å². The van der Waals surface area contributed by atoms with Crippen molar-refractivity contribution in [3.8, 4) is 23.0 Å². The summed E-state index contributed by atoms with van der Waals surface area (Å²) in [7, 11) is 5.38. The van der Waals surface area contributed by atoms with Crippen molar-refractivity contribution in [1.82, 2.24) is 4.98 Å². The van der Waals surface area contributed by atoms with Gasteiger partial charge in [-0.15, -0.1) is 0 Å². The molecule has 0 aliphatic rings. The van der Waals surface area contributed by atoms with Crippen LogP contribution in [0.25, 0.3) is 0 Å². The molecular formula is C19H22N2O8. The molecule has 1 aromatic carbocycles. The second-order valence-corrected chi connectivity index (χ2v) is 5.97. The first-order chi connectivity index (χ1) is 13.8. The summed E-state index contributed by atoms with van der Waals surface area (Å²) in [5.41, 5.74) is 4.57. The Balaban J connectivity index is 2.79. The number of esters is 1. The summed E-state index contributed by atoms with van der Waals surface area (Å²) >= 11 is 0. The maximum absolute atomic E-state index is 12.5. The highest BCUT2D eigenvalue weighted by Gasteiger charge is 2.29. The third-order valence-electron chi connectivity index (χ3n) is 4.35. The highest BCUT2D eigenvalue weighted by Crippen LogP contribution is 2.43. The Morgan fingerprint density at radius 1 is 1.10 bits per heavy atom. The average molecular weight is 406 g/mol. The predicted molar refractivity (Wildman–Crippen MR) is 102 cm³/mol. The maximum atomic E-state index is 12.5. The van der Waals surface area contributed by atoms with Gasteiger partial charge < -0.3 is 34.8 Å². The molecule has 0 bridgehead atoms. The van der Waals surface area contributed by atoms with Crippen molar-refractivity contribution in [2.24, 2.45) is 5.73 Å². The number of carbonyl (C=O) groups excluding carboxylic acids is 2. The van der Waals surface area contributed by atoms with Gasteiger partial charge in [-0.05, 0) is 17.7 Å². The van der Waals surface area contributed by atoms with Crippen LogP contribution in [-0.2, 0) is 9.53 Å². The second kappa shape index (κ2) is 9.00. The highest BCUT2D eigenvalue weighted by molar-refractivity contribution is 5.92. The lowest BCUT2D eigenvalue weighted by Gasteiger charge is -2.21. The van der Waals surface area contributed by atoms with E-state index in [0.717, 1.165) is 13.3 Å². The zero-order valence-corrected chi connectivity index (χ0v) is 16.4. The predicted octanol–water partition coefficient (Wildman–Crippen LogP) is 0.900. The molecule has 0 saturated carbocycles. The SMILES string of the molecule is COC(=O)c1c[nH]c(=O)c([C@H](CC(N)=O)c2cc(OC)c(OC)c(OC)c2)c1O. The number of hydrogen-bond donors (Lipinski definition) is 3.